The molecule has 0 saturated heterocycles. The zero-order chi connectivity index (χ0) is 13.6. The highest BCUT2D eigenvalue weighted by atomic mass is 35.5. The fourth-order valence-corrected chi connectivity index (χ4v) is 4.26. The summed E-state index contributed by atoms with van der Waals surface area (Å²) in [6.45, 7) is 2.23. The van der Waals surface area contributed by atoms with Gasteiger partial charge in [0.1, 0.15) is 0 Å². The number of rotatable bonds is 3. The molecule has 2 aliphatic rings. The van der Waals surface area contributed by atoms with Crippen molar-refractivity contribution in [1.29, 1.82) is 0 Å². The molecule has 1 fully saturated rings. The highest BCUT2D eigenvalue weighted by Gasteiger charge is 2.25. The molecular weight excluding hydrogens is 300 g/mol. The van der Waals surface area contributed by atoms with Gasteiger partial charge in [-0.2, -0.15) is 0 Å². The summed E-state index contributed by atoms with van der Waals surface area (Å²) in [5.74, 6) is 1.04. The third-order valence-corrected chi connectivity index (χ3v) is 5.38. The summed E-state index contributed by atoms with van der Waals surface area (Å²) in [6, 6.07) is 11.5. The quantitative estimate of drug-likeness (QED) is 0.798. The average Bonchev–Trinajstić information content (AvgIpc) is 2.55. The molecule has 0 N–H and O–H groups in total. The zero-order valence-corrected chi connectivity index (χ0v) is 14.2. The van der Waals surface area contributed by atoms with Crippen LogP contribution < -0.4 is 0 Å². The number of aliphatic imine (C=N–C) groups is 1. The number of hydrogen-bond acceptors (Lipinski definition) is 3. The summed E-state index contributed by atoms with van der Waals surface area (Å²) in [5, 5.41) is 1.30. The molecule has 4 heteroatoms. The van der Waals surface area contributed by atoms with E-state index >= 15 is 0 Å². The Bertz CT molecular complexity index is 443. The molecule has 116 valence electrons. The molecule has 1 saturated carbocycles. The molecule has 3 rings (SSSR count). The second-order valence-corrected chi connectivity index (χ2v) is 6.72. The van der Waals surface area contributed by atoms with Crippen LogP contribution in [0.4, 0.5) is 0 Å². The monoisotopic (exact) mass is 324 g/mol. The van der Waals surface area contributed by atoms with Gasteiger partial charge in [-0.15, -0.1) is 12.4 Å². The molecule has 21 heavy (non-hydrogen) atoms. The fraction of sp³-hybridized carbons (Fsp3) is 0.588. The van der Waals surface area contributed by atoms with Crippen molar-refractivity contribution in [2.45, 2.75) is 50.3 Å². The van der Waals surface area contributed by atoms with Gasteiger partial charge in [-0.05, 0) is 24.8 Å². The van der Waals surface area contributed by atoms with Gasteiger partial charge in [-0.1, -0.05) is 61.4 Å². The highest BCUT2D eigenvalue weighted by molar-refractivity contribution is 8.13. The predicted molar refractivity (Wildman–Crippen MR) is 95.5 cm³/mol. The molecule has 2 nitrogen and oxygen atoms in total. The predicted octanol–water partition coefficient (Wildman–Crippen LogP) is 4.74. The van der Waals surface area contributed by atoms with E-state index in [0.717, 1.165) is 18.3 Å². The first-order valence-electron chi connectivity index (χ1n) is 7.91. The second kappa shape index (κ2) is 8.70. The van der Waals surface area contributed by atoms with Crippen molar-refractivity contribution in [3.8, 4) is 0 Å². The van der Waals surface area contributed by atoms with E-state index in [0.29, 0.717) is 0 Å². The number of hydrogen-bond donors (Lipinski definition) is 0. The maximum Gasteiger partial charge on any atom is 0.159 e. The summed E-state index contributed by atoms with van der Waals surface area (Å²) < 4.78 is 0. The Morgan fingerprint density at radius 3 is 2.57 bits per heavy atom. The lowest BCUT2D eigenvalue weighted by Gasteiger charge is -2.38. The van der Waals surface area contributed by atoms with Gasteiger partial charge in [0.2, 0.25) is 0 Å². The van der Waals surface area contributed by atoms with Gasteiger partial charge in [0.25, 0.3) is 0 Å². The number of nitrogens with zero attached hydrogens (tertiary/aromatic N) is 2. The van der Waals surface area contributed by atoms with Gasteiger partial charge in [0.05, 0.1) is 0 Å². The third-order valence-electron chi connectivity index (χ3n) is 4.28. The molecule has 0 bridgehead atoms. The molecule has 0 atom stereocenters. The maximum atomic E-state index is 4.81. The molecular formula is C17H25ClN2S. The first-order valence-corrected chi connectivity index (χ1v) is 8.90. The van der Waals surface area contributed by atoms with Gasteiger partial charge in [0.15, 0.2) is 5.17 Å². The molecule has 0 aromatic heterocycles. The van der Waals surface area contributed by atoms with Crippen molar-refractivity contribution in [3.05, 3.63) is 35.9 Å². The van der Waals surface area contributed by atoms with E-state index in [4.69, 9.17) is 4.99 Å². The van der Waals surface area contributed by atoms with Crippen molar-refractivity contribution in [2.24, 2.45) is 4.99 Å². The van der Waals surface area contributed by atoms with E-state index in [2.05, 4.69) is 35.2 Å². The molecule has 1 aliphatic carbocycles. The number of halogens is 1. The third kappa shape index (κ3) is 4.65. The Kier molecular flexibility index (Phi) is 6.91. The van der Waals surface area contributed by atoms with Crippen LogP contribution in [0.1, 0.15) is 44.1 Å². The maximum absolute atomic E-state index is 4.81. The van der Waals surface area contributed by atoms with E-state index < -0.39 is 0 Å². The Labute approximate surface area is 138 Å². The molecule has 0 unspecified atom stereocenters. The van der Waals surface area contributed by atoms with Gasteiger partial charge < -0.3 is 4.90 Å². The first kappa shape index (κ1) is 16.7. The van der Waals surface area contributed by atoms with Crippen LogP contribution >= 0.6 is 24.2 Å². The molecule has 1 aromatic rings. The fourth-order valence-electron chi connectivity index (χ4n) is 3.18. The lowest BCUT2D eigenvalue weighted by atomic mass is 9.94. The van der Waals surface area contributed by atoms with Crippen LogP contribution in [0.25, 0.3) is 0 Å². The Morgan fingerprint density at radius 1 is 1.05 bits per heavy atom. The van der Waals surface area contributed by atoms with Gasteiger partial charge in [-0.25, -0.2) is 0 Å². The van der Waals surface area contributed by atoms with Crippen molar-refractivity contribution in [1.82, 2.24) is 4.90 Å². The summed E-state index contributed by atoms with van der Waals surface area (Å²) in [6.07, 6.45) is 8.19. The second-order valence-electron chi connectivity index (χ2n) is 5.78. The molecule has 0 amide bonds. The highest BCUT2D eigenvalue weighted by Crippen LogP contribution is 2.28. The normalized spacial score (nSPS) is 19.8. The van der Waals surface area contributed by atoms with Crippen LogP contribution in [0.5, 0.6) is 0 Å². The van der Waals surface area contributed by atoms with E-state index in [-0.39, 0.29) is 12.4 Å². The number of benzene rings is 1. The van der Waals surface area contributed by atoms with Crippen LogP contribution in [-0.2, 0) is 5.75 Å². The van der Waals surface area contributed by atoms with Crippen molar-refractivity contribution in [2.75, 3.05) is 13.1 Å². The number of amidine groups is 1. The van der Waals surface area contributed by atoms with Crippen molar-refractivity contribution < 1.29 is 0 Å². The van der Waals surface area contributed by atoms with Crippen molar-refractivity contribution >= 4 is 29.3 Å². The van der Waals surface area contributed by atoms with E-state index in [1.165, 1.54) is 55.8 Å². The van der Waals surface area contributed by atoms with Crippen LogP contribution in [0.15, 0.2) is 35.3 Å². The Morgan fingerprint density at radius 2 is 1.81 bits per heavy atom. The van der Waals surface area contributed by atoms with Crippen LogP contribution in [-0.4, -0.2) is 29.2 Å². The summed E-state index contributed by atoms with van der Waals surface area (Å²) in [4.78, 5) is 7.41. The minimum absolute atomic E-state index is 0. The Balaban J connectivity index is 0.00000161. The van der Waals surface area contributed by atoms with Gasteiger partial charge >= 0.3 is 0 Å². The molecule has 1 aliphatic heterocycles. The van der Waals surface area contributed by atoms with E-state index in [1.807, 2.05) is 11.8 Å². The molecule has 1 heterocycles. The summed E-state index contributed by atoms with van der Waals surface area (Å²) in [7, 11) is 0. The van der Waals surface area contributed by atoms with Gasteiger partial charge in [-0.3, -0.25) is 4.99 Å². The SMILES string of the molecule is Cl.c1ccc(CSC2=NCCCN2C2CCCCC2)cc1. The zero-order valence-electron chi connectivity index (χ0n) is 12.5. The molecule has 1 aromatic carbocycles. The lowest BCUT2D eigenvalue weighted by Crippen LogP contribution is -2.43. The van der Waals surface area contributed by atoms with Gasteiger partial charge in [0, 0.05) is 24.9 Å². The van der Waals surface area contributed by atoms with Crippen LogP contribution in [0, 0.1) is 0 Å². The largest absolute Gasteiger partial charge is 0.348 e. The summed E-state index contributed by atoms with van der Waals surface area (Å²) >= 11 is 1.93. The van der Waals surface area contributed by atoms with Crippen molar-refractivity contribution in [3.63, 3.8) is 0 Å². The standard InChI is InChI=1S/C17H24N2S.ClH/c1-3-8-15(9-4-1)14-20-17-18-12-7-13-19(17)16-10-5-2-6-11-16;/h1,3-4,8-9,16H,2,5-7,10-14H2;1H. The van der Waals surface area contributed by atoms with E-state index in [1.54, 1.807) is 0 Å². The molecule has 0 radical (unpaired) electrons. The number of thioether (sulfide) groups is 1. The minimum atomic E-state index is 0. The van der Waals surface area contributed by atoms with Crippen LogP contribution in [0.2, 0.25) is 0 Å². The topological polar surface area (TPSA) is 15.6 Å². The Hall–Kier alpha value is -0.670. The summed E-state index contributed by atoms with van der Waals surface area (Å²) in [5.41, 5.74) is 1.40. The minimum Gasteiger partial charge on any atom is -0.348 e. The average molecular weight is 325 g/mol. The lowest BCUT2D eigenvalue weighted by molar-refractivity contribution is 0.239. The molecule has 0 spiro atoms. The smallest absolute Gasteiger partial charge is 0.159 e. The first-order chi connectivity index (χ1) is 9.93. The van der Waals surface area contributed by atoms with Crippen LogP contribution in [0.3, 0.4) is 0 Å². The van der Waals surface area contributed by atoms with E-state index in [9.17, 15) is 0 Å².